The molecule has 1 fully saturated rings. The van der Waals surface area contributed by atoms with Gasteiger partial charge in [-0.15, -0.1) is 11.3 Å². The summed E-state index contributed by atoms with van der Waals surface area (Å²) < 4.78 is 16.4. The van der Waals surface area contributed by atoms with Crippen LogP contribution in [-0.2, 0) is 25.5 Å². The van der Waals surface area contributed by atoms with E-state index >= 15 is 0 Å². The van der Waals surface area contributed by atoms with E-state index in [2.05, 4.69) is 0 Å². The van der Waals surface area contributed by atoms with Gasteiger partial charge in [-0.1, -0.05) is 18.2 Å². The summed E-state index contributed by atoms with van der Waals surface area (Å²) in [5, 5.41) is 13.1. The fourth-order valence-electron chi connectivity index (χ4n) is 4.41. The molecular formula is C28H25NO7S. The molecule has 5 rings (SSSR count). The number of ketones is 1. The second-order valence-electron chi connectivity index (χ2n) is 8.92. The lowest BCUT2D eigenvalue weighted by atomic mass is 9.99. The van der Waals surface area contributed by atoms with Gasteiger partial charge in [0.2, 0.25) is 0 Å². The van der Waals surface area contributed by atoms with Crippen LogP contribution >= 0.6 is 11.3 Å². The highest BCUT2D eigenvalue weighted by molar-refractivity contribution is 7.10. The van der Waals surface area contributed by atoms with Gasteiger partial charge in [0, 0.05) is 16.1 Å². The van der Waals surface area contributed by atoms with Crippen LogP contribution in [0.5, 0.6) is 11.5 Å². The second kappa shape index (κ2) is 10.1. The molecule has 2 aliphatic rings. The third-order valence-corrected chi connectivity index (χ3v) is 6.93. The minimum atomic E-state index is -0.815. The molecule has 0 spiro atoms. The number of thiophene rings is 1. The van der Waals surface area contributed by atoms with Gasteiger partial charge < -0.3 is 19.3 Å². The number of Topliss-reactive ketones (excluding diaryl/α,β-unsaturated/α-hetero) is 1. The first-order valence-corrected chi connectivity index (χ1v) is 12.7. The zero-order valence-electron chi connectivity index (χ0n) is 20.3. The third kappa shape index (κ3) is 4.82. The maximum Gasteiger partial charge on any atom is 0.310 e. The molecule has 9 heteroatoms. The monoisotopic (exact) mass is 519 g/mol. The Balaban J connectivity index is 1.52. The number of nitrogens with zero attached hydrogens (tertiary/aromatic N) is 1. The van der Waals surface area contributed by atoms with Crippen LogP contribution in [0.25, 0.3) is 5.76 Å². The molecule has 190 valence electrons. The molecule has 0 saturated carbocycles. The number of carbonyl (C=O) groups is 3. The fraction of sp³-hybridized carbons (Fsp3) is 0.250. The molecule has 0 radical (unpaired) electrons. The molecule has 0 aliphatic carbocycles. The van der Waals surface area contributed by atoms with E-state index in [0.717, 1.165) is 10.4 Å². The lowest BCUT2D eigenvalue weighted by Crippen LogP contribution is -2.29. The van der Waals surface area contributed by atoms with Crippen molar-refractivity contribution in [3.63, 3.8) is 0 Å². The molecule has 2 aromatic carbocycles. The molecule has 8 nitrogen and oxygen atoms in total. The second-order valence-corrected chi connectivity index (χ2v) is 9.90. The van der Waals surface area contributed by atoms with Crippen LogP contribution in [0.2, 0.25) is 0 Å². The quantitative estimate of drug-likeness (QED) is 0.219. The number of ether oxygens (including phenoxy) is 3. The maximum absolute atomic E-state index is 13.3. The normalized spacial score (nSPS) is 18.4. The Morgan fingerprint density at radius 2 is 1.81 bits per heavy atom. The fourth-order valence-corrected chi connectivity index (χ4v) is 5.23. The Bertz CT molecular complexity index is 1380. The summed E-state index contributed by atoms with van der Waals surface area (Å²) in [6.45, 7) is 4.38. The minimum Gasteiger partial charge on any atom is -0.507 e. The van der Waals surface area contributed by atoms with Crippen molar-refractivity contribution in [2.45, 2.75) is 32.4 Å². The Kier molecular flexibility index (Phi) is 6.71. The average molecular weight is 520 g/mol. The average Bonchev–Trinajstić information content (AvgIpc) is 3.50. The lowest BCUT2D eigenvalue weighted by Gasteiger charge is -2.24. The van der Waals surface area contributed by atoms with Crippen LogP contribution in [0.4, 0.5) is 5.69 Å². The Labute approximate surface area is 217 Å². The van der Waals surface area contributed by atoms with Crippen molar-refractivity contribution < 1.29 is 33.7 Å². The van der Waals surface area contributed by atoms with Crippen molar-refractivity contribution >= 4 is 40.4 Å². The molecule has 3 aromatic rings. The van der Waals surface area contributed by atoms with Crippen molar-refractivity contribution in [3.05, 3.63) is 81.6 Å². The molecule has 1 saturated heterocycles. The smallest absolute Gasteiger partial charge is 0.310 e. The van der Waals surface area contributed by atoms with E-state index in [-0.39, 0.29) is 29.8 Å². The van der Waals surface area contributed by atoms with Gasteiger partial charge in [-0.2, -0.15) is 0 Å². The number of aliphatic hydroxyl groups excluding tert-OH is 1. The summed E-state index contributed by atoms with van der Waals surface area (Å²) in [5.74, 6) is -1.15. The number of carbonyl (C=O) groups excluding carboxylic acids is 3. The van der Waals surface area contributed by atoms with E-state index < -0.39 is 17.7 Å². The topological polar surface area (TPSA) is 102 Å². The summed E-state index contributed by atoms with van der Waals surface area (Å²) in [4.78, 5) is 40.7. The SMILES string of the molecule is CC(C)OC(=O)Cc1ccc(N2C(=O)C(=O)/C(=C(\O)c3ccc4c(c3)OCCO4)C2c2cccs2)cc1. The van der Waals surface area contributed by atoms with Crippen molar-refractivity contribution in [3.8, 4) is 11.5 Å². The van der Waals surface area contributed by atoms with Gasteiger partial charge in [-0.25, -0.2) is 0 Å². The van der Waals surface area contributed by atoms with Crippen LogP contribution in [0.3, 0.4) is 0 Å². The molecule has 2 aliphatic heterocycles. The number of benzene rings is 2. The van der Waals surface area contributed by atoms with Gasteiger partial charge in [0.1, 0.15) is 25.0 Å². The molecule has 1 N–H and O–H groups in total. The number of fused-ring (bicyclic) bond motifs is 1. The van der Waals surface area contributed by atoms with Crippen molar-refractivity contribution in [2.24, 2.45) is 0 Å². The molecule has 0 bridgehead atoms. The Hall–Kier alpha value is -4.11. The number of rotatable bonds is 6. The number of anilines is 1. The highest BCUT2D eigenvalue weighted by Gasteiger charge is 2.47. The first-order valence-electron chi connectivity index (χ1n) is 11.9. The standard InChI is InChI=1S/C28H25NO7S/c1-16(2)36-23(30)14-17-5-8-19(9-6-17)29-25(22-4-3-13-37-22)24(27(32)28(29)33)26(31)18-7-10-20-21(15-18)35-12-11-34-20/h3-10,13,15-16,25,31H,11-12,14H2,1-2H3/b26-24-. The van der Waals surface area contributed by atoms with E-state index in [1.165, 1.54) is 16.2 Å². The van der Waals surface area contributed by atoms with Gasteiger partial charge in [-0.3, -0.25) is 19.3 Å². The molecule has 37 heavy (non-hydrogen) atoms. The van der Waals surface area contributed by atoms with Gasteiger partial charge in [0.25, 0.3) is 11.7 Å². The van der Waals surface area contributed by atoms with Crippen molar-refractivity contribution in [2.75, 3.05) is 18.1 Å². The molecule has 1 atom stereocenters. The van der Waals surface area contributed by atoms with E-state index in [4.69, 9.17) is 14.2 Å². The van der Waals surface area contributed by atoms with Gasteiger partial charge in [-0.05, 0) is 61.2 Å². The van der Waals surface area contributed by atoms with Gasteiger partial charge in [0.15, 0.2) is 11.5 Å². The van der Waals surface area contributed by atoms with Gasteiger partial charge in [0.05, 0.1) is 18.1 Å². The van der Waals surface area contributed by atoms with Crippen molar-refractivity contribution in [1.82, 2.24) is 0 Å². The summed E-state index contributed by atoms with van der Waals surface area (Å²) in [7, 11) is 0. The number of esters is 1. The predicted molar refractivity (Wildman–Crippen MR) is 138 cm³/mol. The molecule has 1 unspecified atom stereocenters. The van der Waals surface area contributed by atoms with E-state index in [9.17, 15) is 19.5 Å². The Morgan fingerprint density at radius 1 is 1.08 bits per heavy atom. The van der Waals surface area contributed by atoms with Gasteiger partial charge >= 0.3 is 5.97 Å². The number of hydrogen-bond acceptors (Lipinski definition) is 8. The summed E-state index contributed by atoms with van der Waals surface area (Å²) >= 11 is 1.38. The highest BCUT2D eigenvalue weighted by Crippen LogP contribution is 2.44. The minimum absolute atomic E-state index is 0.00582. The van der Waals surface area contributed by atoms with Crippen molar-refractivity contribution in [1.29, 1.82) is 0 Å². The largest absolute Gasteiger partial charge is 0.507 e. The predicted octanol–water partition coefficient (Wildman–Crippen LogP) is 4.64. The van der Waals surface area contributed by atoms with E-state index in [1.54, 1.807) is 56.3 Å². The van der Waals surface area contributed by atoms with E-state index in [0.29, 0.717) is 36.0 Å². The van der Waals surface area contributed by atoms with Crippen LogP contribution in [0.1, 0.15) is 35.9 Å². The van der Waals surface area contributed by atoms with Crippen LogP contribution in [-0.4, -0.2) is 42.1 Å². The number of amides is 1. The molecule has 1 aromatic heterocycles. The summed E-state index contributed by atoms with van der Waals surface area (Å²) in [6.07, 6.45) is -0.117. The van der Waals surface area contributed by atoms with Crippen LogP contribution in [0, 0.1) is 0 Å². The van der Waals surface area contributed by atoms with Crippen LogP contribution in [0.15, 0.2) is 65.6 Å². The Morgan fingerprint density at radius 3 is 2.49 bits per heavy atom. The lowest BCUT2D eigenvalue weighted by molar-refractivity contribution is -0.146. The first kappa shape index (κ1) is 24.6. The number of aliphatic hydroxyl groups is 1. The summed E-state index contributed by atoms with van der Waals surface area (Å²) in [6, 6.07) is 14.6. The zero-order valence-corrected chi connectivity index (χ0v) is 21.1. The number of hydrogen-bond donors (Lipinski definition) is 1. The third-order valence-electron chi connectivity index (χ3n) is 6.00. The molecular weight excluding hydrogens is 494 g/mol. The first-order chi connectivity index (χ1) is 17.8. The maximum atomic E-state index is 13.3. The molecule has 1 amide bonds. The highest BCUT2D eigenvalue weighted by atomic mass is 32.1. The van der Waals surface area contributed by atoms with E-state index in [1.807, 2.05) is 17.5 Å². The molecule has 3 heterocycles. The zero-order chi connectivity index (χ0) is 26.1. The summed E-state index contributed by atoms with van der Waals surface area (Å²) in [5.41, 5.74) is 1.54. The van der Waals surface area contributed by atoms with Crippen LogP contribution < -0.4 is 14.4 Å².